The molecule has 0 radical (unpaired) electrons. The Labute approximate surface area is 53.8 Å². The molecule has 7 N–H and O–H groups in total. The molecule has 0 spiro atoms. The first-order valence-corrected chi connectivity index (χ1v) is 3.03. The summed E-state index contributed by atoms with van der Waals surface area (Å²) in [6.07, 6.45) is 1.49. The Bertz CT molecular complexity index is 95.0. The molecule has 0 unspecified atom stereocenters. The molecule has 4 nitrogen and oxygen atoms in total. The highest BCUT2D eigenvalue weighted by Crippen LogP contribution is 1.88. The highest BCUT2D eigenvalue weighted by atomic mass is 16.4. The van der Waals surface area contributed by atoms with Gasteiger partial charge in [-0.2, -0.15) is 0 Å². The predicted octanol–water partition coefficient (Wildman–Crippen LogP) is -2.30. The van der Waals surface area contributed by atoms with Crippen LogP contribution in [0.1, 0.15) is 12.8 Å². The summed E-state index contributed by atoms with van der Waals surface area (Å²) in [5.41, 5.74) is 7.04. The first-order chi connectivity index (χ1) is 4.18. The number of carboxylic acid groups (broad SMARTS) is 1. The molecule has 54 valence electrons. The Morgan fingerprint density at radius 2 is 2.22 bits per heavy atom. The summed E-state index contributed by atoms with van der Waals surface area (Å²) in [5.74, 6) is -0.816. The van der Waals surface area contributed by atoms with Crippen LogP contribution in [-0.2, 0) is 4.79 Å². The zero-order chi connectivity index (χ0) is 7.28. The molecule has 0 aromatic rings. The fraction of sp³-hybridized carbons (Fsp3) is 0.800. The van der Waals surface area contributed by atoms with Gasteiger partial charge in [-0.15, -0.1) is 0 Å². The van der Waals surface area contributed by atoms with Crippen molar-refractivity contribution in [2.45, 2.75) is 18.9 Å². The third kappa shape index (κ3) is 3.93. The van der Waals surface area contributed by atoms with Gasteiger partial charge < -0.3 is 16.6 Å². The molecule has 1 atom stereocenters. The molecule has 9 heavy (non-hydrogen) atoms. The van der Waals surface area contributed by atoms with E-state index >= 15 is 0 Å². The van der Waals surface area contributed by atoms with Crippen LogP contribution in [-0.4, -0.2) is 23.7 Å². The highest BCUT2D eigenvalue weighted by Gasteiger charge is 2.13. The van der Waals surface area contributed by atoms with E-state index in [1.807, 2.05) is 0 Å². The van der Waals surface area contributed by atoms with Crippen molar-refractivity contribution >= 4 is 5.97 Å². The first-order valence-electron chi connectivity index (χ1n) is 3.03. The van der Waals surface area contributed by atoms with Gasteiger partial charge in [-0.05, 0) is 0 Å². The molecule has 0 aliphatic carbocycles. The number of hydrogen-bond donors (Lipinski definition) is 3. The second-order valence-corrected chi connectivity index (χ2v) is 2.03. The van der Waals surface area contributed by atoms with Crippen LogP contribution in [0.3, 0.4) is 0 Å². The van der Waals surface area contributed by atoms with Crippen molar-refractivity contribution < 1.29 is 21.4 Å². The maximum Gasteiger partial charge on any atom is 0.362 e. The monoisotopic (exact) mass is 134 g/mol. The fourth-order valence-corrected chi connectivity index (χ4v) is 0.514. The molecule has 0 bridgehead atoms. The van der Waals surface area contributed by atoms with E-state index in [9.17, 15) is 4.79 Å². The quantitative estimate of drug-likeness (QED) is 0.403. The lowest BCUT2D eigenvalue weighted by Gasteiger charge is -1.98. The van der Waals surface area contributed by atoms with Crippen molar-refractivity contribution in [3.05, 3.63) is 0 Å². The van der Waals surface area contributed by atoms with E-state index in [1.54, 1.807) is 0 Å². The van der Waals surface area contributed by atoms with Crippen LogP contribution in [0.2, 0.25) is 0 Å². The largest absolute Gasteiger partial charge is 0.477 e. The van der Waals surface area contributed by atoms with Gasteiger partial charge in [0.25, 0.3) is 0 Å². The molecule has 0 rings (SSSR count). The lowest BCUT2D eigenvalue weighted by atomic mass is 10.2. The number of hydrogen-bond acceptors (Lipinski definition) is 1. The number of quaternary nitrogens is 2. The number of rotatable bonds is 4. The minimum Gasteiger partial charge on any atom is -0.477 e. The highest BCUT2D eigenvalue weighted by molar-refractivity contribution is 5.71. The zero-order valence-corrected chi connectivity index (χ0v) is 5.47. The summed E-state index contributed by atoms with van der Waals surface area (Å²) in [4.78, 5) is 10.1. The van der Waals surface area contributed by atoms with E-state index in [0.717, 1.165) is 13.0 Å². The van der Waals surface area contributed by atoms with Gasteiger partial charge in [-0.25, -0.2) is 4.79 Å². The Balaban J connectivity index is 3.27. The van der Waals surface area contributed by atoms with Crippen molar-refractivity contribution in [2.24, 2.45) is 0 Å². The predicted molar refractivity (Wildman–Crippen MR) is 31.3 cm³/mol. The van der Waals surface area contributed by atoms with Gasteiger partial charge in [0.15, 0.2) is 6.04 Å². The third-order valence-corrected chi connectivity index (χ3v) is 1.15. The Kier molecular flexibility index (Phi) is 4.00. The molecule has 4 heteroatoms. The first kappa shape index (κ1) is 8.39. The van der Waals surface area contributed by atoms with E-state index in [4.69, 9.17) is 5.11 Å². The lowest BCUT2D eigenvalue weighted by molar-refractivity contribution is -0.414. The minimum atomic E-state index is -0.816. The van der Waals surface area contributed by atoms with Crippen molar-refractivity contribution in [3.63, 3.8) is 0 Å². The Hall–Kier alpha value is -0.610. The maximum absolute atomic E-state index is 10.1. The normalized spacial score (nSPS) is 13.1. The summed E-state index contributed by atoms with van der Waals surface area (Å²) >= 11 is 0. The smallest absolute Gasteiger partial charge is 0.362 e. The van der Waals surface area contributed by atoms with Crippen molar-refractivity contribution in [3.8, 4) is 0 Å². The van der Waals surface area contributed by atoms with Crippen LogP contribution in [0.15, 0.2) is 0 Å². The molecule has 0 aromatic carbocycles. The standard InChI is InChI=1S/C5H12N2O2/c6-3-1-2-4(7)5(8)9/h4H,1-3,6-7H2,(H,8,9)/p+2/t4-/m0/s1. The van der Waals surface area contributed by atoms with E-state index in [1.165, 1.54) is 0 Å². The van der Waals surface area contributed by atoms with Crippen molar-refractivity contribution in [1.29, 1.82) is 0 Å². The van der Waals surface area contributed by atoms with Gasteiger partial charge in [0.05, 0.1) is 6.54 Å². The zero-order valence-electron chi connectivity index (χ0n) is 5.47. The van der Waals surface area contributed by atoms with Crippen molar-refractivity contribution in [1.82, 2.24) is 0 Å². The molecule has 0 heterocycles. The van der Waals surface area contributed by atoms with Crippen LogP contribution < -0.4 is 11.5 Å². The topological polar surface area (TPSA) is 92.6 Å². The van der Waals surface area contributed by atoms with E-state index < -0.39 is 12.0 Å². The molecular weight excluding hydrogens is 120 g/mol. The summed E-state index contributed by atoms with van der Waals surface area (Å²) in [6, 6.07) is -0.452. The minimum absolute atomic E-state index is 0.452. The lowest BCUT2D eigenvalue weighted by Crippen LogP contribution is -2.65. The molecule has 0 saturated carbocycles. The summed E-state index contributed by atoms with van der Waals surface area (Å²) in [6.45, 7) is 0.791. The summed E-state index contributed by atoms with van der Waals surface area (Å²) in [7, 11) is 0. The second-order valence-electron chi connectivity index (χ2n) is 2.03. The third-order valence-electron chi connectivity index (χ3n) is 1.15. The second kappa shape index (κ2) is 4.29. The number of aliphatic carboxylic acids is 1. The van der Waals surface area contributed by atoms with Crippen LogP contribution >= 0.6 is 0 Å². The van der Waals surface area contributed by atoms with E-state index in [-0.39, 0.29) is 0 Å². The fourth-order valence-electron chi connectivity index (χ4n) is 0.514. The van der Waals surface area contributed by atoms with E-state index in [2.05, 4.69) is 11.5 Å². The molecule has 0 aliphatic heterocycles. The Morgan fingerprint density at radius 1 is 1.67 bits per heavy atom. The molecule has 0 saturated heterocycles. The number of carboxylic acids is 1. The molecule has 0 fully saturated rings. The Morgan fingerprint density at radius 3 is 2.56 bits per heavy atom. The van der Waals surface area contributed by atoms with Gasteiger partial charge in [-0.3, -0.25) is 0 Å². The van der Waals surface area contributed by atoms with Crippen molar-refractivity contribution in [2.75, 3.05) is 6.54 Å². The SMILES string of the molecule is [NH3+]CCC[C@H]([NH3+])C(=O)O. The van der Waals surface area contributed by atoms with Gasteiger partial charge in [-0.1, -0.05) is 0 Å². The van der Waals surface area contributed by atoms with Crippen LogP contribution in [0.5, 0.6) is 0 Å². The molecule has 0 amide bonds. The van der Waals surface area contributed by atoms with E-state index in [0.29, 0.717) is 6.42 Å². The summed E-state index contributed by atoms with van der Waals surface area (Å²) in [5, 5.41) is 8.33. The van der Waals surface area contributed by atoms with Gasteiger partial charge in [0.1, 0.15) is 0 Å². The molecule has 0 aromatic heterocycles. The van der Waals surface area contributed by atoms with Crippen LogP contribution in [0, 0.1) is 0 Å². The number of carbonyl (C=O) groups is 1. The van der Waals surface area contributed by atoms with Gasteiger partial charge in [0.2, 0.25) is 0 Å². The molecular formula is C5H14N2O2+2. The van der Waals surface area contributed by atoms with Gasteiger partial charge in [0, 0.05) is 12.8 Å². The average Bonchev–Trinajstić information content (AvgIpc) is 1.82. The van der Waals surface area contributed by atoms with Gasteiger partial charge >= 0.3 is 5.97 Å². The maximum atomic E-state index is 10.1. The molecule has 0 aliphatic rings. The summed E-state index contributed by atoms with van der Waals surface area (Å²) < 4.78 is 0. The van der Waals surface area contributed by atoms with Crippen LogP contribution in [0.25, 0.3) is 0 Å². The average molecular weight is 134 g/mol. The van der Waals surface area contributed by atoms with Crippen LogP contribution in [0.4, 0.5) is 0 Å².